The summed E-state index contributed by atoms with van der Waals surface area (Å²) < 4.78 is 5.11. The summed E-state index contributed by atoms with van der Waals surface area (Å²) in [6, 6.07) is 5.08. The molecule has 1 aliphatic carbocycles. The molecule has 6 heteroatoms. The molecule has 1 saturated heterocycles. The number of halogens is 1. The van der Waals surface area contributed by atoms with Crippen LogP contribution in [-0.4, -0.2) is 54.9 Å². The van der Waals surface area contributed by atoms with Crippen molar-refractivity contribution in [3.05, 3.63) is 28.8 Å². The van der Waals surface area contributed by atoms with Gasteiger partial charge in [0.1, 0.15) is 5.75 Å². The van der Waals surface area contributed by atoms with Gasteiger partial charge in [-0.05, 0) is 37.5 Å². The average Bonchev–Trinajstić information content (AvgIpc) is 3.39. The van der Waals surface area contributed by atoms with Gasteiger partial charge in [0, 0.05) is 32.1 Å². The zero-order valence-corrected chi connectivity index (χ0v) is 14.0. The van der Waals surface area contributed by atoms with Crippen LogP contribution in [0.3, 0.4) is 0 Å². The fraction of sp³-hybridized carbons (Fsp3) is 0.529. The lowest BCUT2D eigenvalue weighted by Gasteiger charge is -2.22. The van der Waals surface area contributed by atoms with Crippen LogP contribution in [0.2, 0.25) is 5.02 Å². The molecule has 1 aromatic carbocycles. The Hall–Kier alpha value is -1.75. The molecule has 0 N–H and O–H groups in total. The van der Waals surface area contributed by atoms with Gasteiger partial charge in [0.05, 0.1) is 17.7 Å². The monoisotopic (exact) mass is 336 g/mol. The molecule has 2 amide bonds. The highest BCUT2D eigenvalue weighted by molar-refractivity contribution is 6.34. The summed E-state index contributed by atoms with van der Waals surface area (Å²) in [4.78, 5) is 28.6. The number of carbonyl (C=O) groups excluding carboxylic acids is 2. The molecule has 124 valence electrons. The Labute approximate surface area is 141 Å². The van der Waals surface area contributed by atoms with Crippen LogP contribution in [0.5, 0.6) is 5.75 Å². The highest BCUT2D eigenvalue weighted by Gasteiger charge is 2.34. The van der Waals surface area contributed by atoms with Crippen LogP contribution in [0.15, 0.2) is 18.2 Å². The van der Waals surface area contributed by atoms with Gasteiger partial charge in [-0.3, -0.25) is 9.59 Å². The molecule has 1 heterocycles. The van der Waals surface area contributed by atoms with Crippen molar-refractivity contribution in [2.75, 3.05) is 33.3 Å². The Morgan fingerprint density at radius 3 is 2.48 bits per heavy atom. The molecular weight excluding hydrogens is 316 g/mol. The van der Waals surface area contributed by atoms with Gasteiger partial charge in [-0.1, -0.05) is 11.6 Å². The van der Waals surface area contributed by atoms with Crippen molar-refractivity contribution in [3.63, 3.8) is 0 Å². The largest absolute Gasteiger partial charge is 0.497 e. The first-order valence-corrected chi connectivity index (χ1v) is 8.39. The number of rotatable bonds is 3. The molecule has 1 aliphatic heterocycles. The van der Waals surface area contributed by atoms with Crippen molar-refractivity contribution in [2.24, 2.45) is 5.92 Å². The third-order valence-corrected chi connectivity index (χ3v) is 4.74. The summed E-state index contributed by atoms with van der Waals surface area (Å²) in [5, 5.41) is 0.393. The second-order valence-corrected chi connectivity index (χ2v) is 6.50. The quantitative estimate of drug-likeness (QED) is 0.851. The minimum Gasteiger partial charge on any atom is -0.497 e. The lowest BCUT2D eigenvalue weighted by atomic mass is 10.2. The molecule has 0 radical (unpaired) electrons. The molecule has 0 aromatic heterocycles. The Bertz CT molecular complexity index is 616. The summed E-state index contributed by atoms with van der Waals surface area (Å²) in [6.45, 7) is 2.54. The Morgan fingerprint density at radius 2 is 1.83 bits per heavy atom. The number of ether oxygens (including phenoxy) is 1. The Morgan fingerprint density at radius 1 is 1.13 bits per heavy atom. The standard InChI is InChI=1S/C17H21ClN2O3/c1-23-13-5-6-14(15(18)11-13)17(22)20-8-2-7-19(9-10-20)16(21)12-3-4-12/h5-6,11-12H,2-4,7-10H2,1H3. The van der Waals surface area contributed by atoms with E-state index in [1.54, 1.807) is 30.2 Å². The predicted octanol–water partition coefficient (Wildman–Crippen LogP) is 2.43. The molecule has 3 rings (SSSR count). The molecule has 1 saturated carbocycles. The number of carbonyl (C=O) groups is 2. The topological polar surface area (TPSA) is 49.9 Å². The molecule has 0 unspecified atom stereocenters. The summed E-state index contributed by atoms with van der Waals surface area (Å²) in [7, 11) is 1.56. The van der Waals surface area contributed by atoms with Gasteiger partial charge in [0.2, 0.25) is 5.91 Å². The second-order valence-electron chi connectivity index (χ2n) is 6.09. The van der Waals surface area contributed by atoms with E-state index in [0.717, 1.165) is 25.8 Å². The van der Waals surface area contributed by atoms with Gasteiger partial charge >= 0.3 is 0 Å². The van der Waals surface area contributed by atoms with Crippen molar-refractivity contribution in [1.82, 2.24) is 9.80 Å². The van der Waals surface area contributed by atoms with Gasteiger partial charge in [0.25, 0.3) is 5.91 Å². The van der Waals surface area contributed by atoms with Crippen LogP contribution in [0.4, 0.5) is 0 Å². The molecule has 2 fully saturated rings. The van der Waals surface area contributed by atoms with E-state index in [0.29, 0.717) is 36.0 Å². The molecular formula is C17H21ClN2O3. The number of benzene rings is 1. The van der Waals surface area contributed by atoms with Gasteiger partial charge in [0.15, 0.2) is 0 Å². The fourth-order valence-electron chi connectivity index (χ4n) is 2.90. The molecule has 0 bridgehead atoms. The highest BCUT2D eigenvalue weighted by Crippen LogP contribution is 2.31. The van der Waals surface area contributed by atoms with Gasteiger partial charge in [-0.15, -0.1) is 0 Å². The van der Waals surface area contributed by atoms with Crippen molar-refractivity contribution >= 4 is 23.4 Å². The molecule has 0 spiro atoms. The van der Waals surface area contributed by atoms with Crippen LogP contribution in [0.1, 0.15) is 29.6 Å². The van der Waals surface area contributed by atoms with E-state index in [-0.39, 0.29) is 17.7 Å². The number of hydrogen-bond acceptors (Lipinski definition) is 3. The van der Waals surface area contributed by atoms with E-state index in [2.05, 4.69) is 0 Å². The van der Waals surface area contributed by atoms with Gasteiger partial charge in [-0.25, -0.2) is 0 Å². The minimum atomic E-state index is -0.0848. The molecule has 5 nitrogen and oxygen atoms in total. The SMILES string of the molecule is COc1ccc(C(=O)N2CCCN(C(=O)C3CC3)CC2)c(Cl)c1. The van der Waals surface area contributed by atoms with E-state index >= 15 is 0 Å². The summed E-state index contributed by atoms with van der Waals surface area (Å²) in [5.41, 5.74) is 0.481. The normalized spacial score (nSPS) is 18.5. The van der Waals surface area contributed by atoms with Crippen molar-refractivity contribution in [3.8, 4) is 5.75 Å². The molecule has 1 aromatic rings. The lowest BCUT2D eigenvalue weighted by molar-refractivity contribution is -0.132. The average molecular weight is 337 g/mol. The fourth-order valence-corrected chi connectivity index (χ4v) is 3.15. The smallest absolute Gasteiger partial charge is 0.255 e. The first-order chi connectivity index (χ1) is 11.1. The third-order valence-electron chi connectivity index (χ3n) is 4.43. The lowest BCUT2D eigenvalue weighted by Crippen LogP contribution is -2.38. The maximum Gasteiger partial charge on any atom is 0.255 e. The molecule has 2 aliphatic rings. The van der Waals surface area contributed by atoms with E-state index in [9.17, 15) is 9.59 Å². The number of nitrogens with zero attached hydrogens (tertiary/aromatic N) is 2. The zero-order chi connectivity index (χ0) is 16.4. The van der Waals surface area contributed by atoms with E-state index in [1.165, 1.54) is 0 Å². The molecule has 0 atom stereocenters. The number of amides is 2. The predicted molar refractivity (Wildman–Crippen MR) is 87.8 cm³/mol. The van der Waals surface area contributed by atoms with Crippen LogP contribution < -0.4 is 4.74 Å². The van der Waals surface area contributed by atoms with E-state index in [4.69, 9.17) is 16.3 Å². The second kappa shape index (κ2) is 6.79. The summed E-state index contributed by atoms with van der Waals surface area (Å²) in [5.74, 6) is 1.03. The Kier molecular flexibility index (Phi) is 4.76. The maximum atomic E-state index is 12.7. The highest BCUT2D eigenvalue weighted by atomic mass is 35.5. The van der Waals surface area contributed by atoms with E-state index < -0.39 is 0 Å². The van der Waals surface area contributed by atoms with Crippen LogP contribution in [0, 0.1) is 5.92 Å². The summed E-state index contributed by atoms with van der Waals surface area (Å²) >= 11 is 6.20. The summed E-state index contributed by atoms with van der Waals surface area (Å²) in [6.07, 6.45) is 2.83. The van der Waals surface area contributed by atoms with Crippen molar-refractivity contribution in [1.29, 1.82) is 0 Å². The van der Waals surface area contributed by atoms with Gasteiger partial charge < -0.3 is 14.5 Å². The zero-order valence-electron chi connectivity index (χ0n) is 13.3. The van der Waals surface area contributed by atoms with Gasteiger partial charge in [-0.2, -0.15) is 0 Å². The van der Waals surface area contributed by atoms with Crippen molar-refractivity contribution in [2.45, 2.75) is 19.3 Å². The number of hydrogen-bond donors (Lipinski definition) is 0. The number of methoxy groups -OCH3 is 1. The third kappa shape index (κ3) is 3.61. The first-order valence-electron chi connectivity index (χ1n) is 8.01. The van der Waals surface area contributed by atoms with E-state index in [1.807, 2.05) is 4.90 Å². The van der Waals surface area contributed by atoms with Crippen LogP contribution >= 0.6 is 11.6 Å². The maximum absolute atomic E-state index is 12.7. The first kappa shape index (κ1) is 16.1. The molecule has 23 heavy (non-hydrogen) atoms. The Balaban J connectivity index is 1.67. The van der Waals surface area contributed by atoms with Crippen molar-refractivity contribution < 1.29 is 14.3 Å². The van der Waals surface area contributed by atoms with Crippen LogP contribution in [0.25, 0.3) is 0 Å². The van der Waals surface area contributed by atoms with Crippen LogP contribution in [-0.2, 0) is 4.79 Å². The minimum absolute atomic E-state index is 0.0848.